The number of ether oxygens (including phenoxy) is 1. The first-order valence-corrected chi connectivity index (χ1v) is 10.4. The van der Waals surface area contributed by atoms with Crippen molar-refractivity contribution in [3.63, 3.8) is 0 Å². The van der Waals surface area contributed by atoms with Crippen molar-refractivity contribution in [2.24, 2.45) is 0 Å². The minimum Gasteiger partial charge on any atom is -0.494 e. The van der Waals surface area contributed by atoms with Gasteiger partial charge in [-0.2, -0.15) is 4.72 Å². The fraction of sp³-hybridized carbons (Fsp3) is 0.350. The van der Waals surface area contributed by atoms with Crippen molar-refractivity contribution in [2.45, 2.75) is 44.7 Å². The number of benzene rings is 2. The summed E-state index contributed by atoms with van der Waals surface area (Å²) in [4.78, 5) is 12.4. The molecule has 6 nitrogen and oxygen atoms in total. The summed E-state index contributed by atoms with van der Waals surface area (Å²) >= 11 is 0. The normalized spacial score (nSPS) is 13.6. The van der Waals surface area contributed by atoms with Crippen LogP contribution in [0.15, 0.2) is 47.4 Å². The number of amides is 1. The summed E-state index contributed by atoms with van der Waals surface area (Å²) in [5.74, 6) is -0.238. The molecule has 2 aromatic rings. The summed E-state index contributed by atoms with van der Waals surface area (Å²) in [5.41, 5.74) is 1.40. The highest BCUT2D eigenvalue weighted by molar-refractivity contribution is 7.89. The molecule has 0 saturated carbocycles. The van der Waals surface area contributed by atoms with Crippen molar-refractivity contribution < 1.29 is 22.3 Å². The molecule has 2 aromatic carbocycles. The predicted molar refractivity (Wildman–Crippen MR) is 105 cm³/mol. The van der Waals surface area contributed by atoms with Gasteiger partial charge in [-0.25, -0.2) is 12.8 Å². The van der Waals surface area contributed by atoms with Crippen LogP contribution in [-0.2, 0) is 14.8 Å². The minimum absolute atomic E-state index is 0.0553. The van der Waals surface area contributed by atoms with Crippen LogP contribution in [0, 0.1) is 12.7 Å². The van der Waals surface area contributed by atoms with E-state index in [9.17, 15) is 17.6 Å². The van der Waals surface area contributed by atoms with E-state index in [1.807, 2.05) is 6.92 Å². The number of aryl methyl sites for hydroxylation is 1. The second kappa shape index (κ2) is 9.16. The molecular formula is C20H25FN2O4S. The molecule has 0 fully saturated rings. The van der Waals surface area contributed by atoms with Gasteiger partial charge in [0.1, 0.15) is 11.6 Å². The van der Waals surface area contributed by atoms with Crippen LogP contribution in [0.4, 0.5) is 4.39 Å². The number of nitrogens with one attached hydrogen (secondary N) is 2. The smallest absolute Gasteiger partial charge is 0.241 e. The number of sulfonamides is 1. The average Bonchev–Trinajstić information content (AvgIpc) is 2.63. The molecule has 152 valence electrons. The van der Waals surface area contributed by atoms with Crippen LogP contribution in [0.5, 0.6) is 5.75 Å². The van der Waals surface area contributed by atoms with E-state index in [-0.39, 0.29) is 10.7 Å². The zero-order valence-corrected chi connectivity index (χ0v) is 17.1. The molecule has 8 heteroatoms. The second-order valence-electron chi connectivity index (χ2n) is 6.49. The molecule has 0 aliphatic rings. The Labute approximate surface area is 165 Å². The van der Waals surface area contributed by atoms with Crippen molar-refractivity contribution in [2.75, 3.05) is 6.61 Å². The highest BCUT2D eigenvalue weighted by Gasteiger charge is 2.23. The molecule has 28 heavy (non-hydrogen) atoms. The molecular weight excluding hydrogens is 383 g/mol. The molecule has 1 amide bonds. The van der Waals surface area contributed by atoms with Gasteiger partial charge in [0, 0.05) is 0 Å². The highest BCUT2D eigenvalue weighted by atomic mass is 32.2. The van der Waals surface area contributed by atoms with Gasteiger partial charge in [0.25, 0.3) is 0 Å². The summed E-state index contributed by atoms with van der Waals surface area (Å²) in [7, 11) is -3.88. The van der Waals surface area contributed by atoms with E-state index >= 15 is 0 Å². The van der Waals surface area contributed by atoms with Crippen molar-refractivity contribution in [3.05, 3.63) is 59.4 Å². The number of hydrogen-bond donors (Lipinski definition) is 2. The van der Waals surface area contributed by atoms with Crippen LogP contribution in [0.3, 0.4) is 0 Å². The van der Waals surface area contributed by atoms with Crippen LogP contribution in [0.25, 0.3) is 0 Å². The first kappa shape index (κ1) is 21.8. The molecule has 0 unspecified atom stereocenters. The van der Waals surface area contributed by atoms with Crippen molar-refractivity contribution in [1.29, 1.82) is 0 Å². The third-order valence-electron chi connectivity index (χ3n) is 4.21. The lowest BCUT2D eigenvalue weighted by atomic mass is 10.1. The van der Waals surface area contributed by atoms with Crippen molar-refractivity contribution in [3.8, 4) is 5.75 Å². The van der Waals surface area contributed by atoms with Gasteiger partial charge in [-0.05, 0) is 69.2 Å². The SMILES string of the molecule is CCOc1ccc(S(=O)(=O)N[C@H](C)C(=O)N[C@H](C)c2ccc(F)cc2)cc1C. The molecule has 0 bridgehead atoms. The summed E-state index contributed by atoms with van der Waals surface area (Å²) in [5, 5.41) is 2.72. The van der Waals surface area contributed by atoms with Crippen LogP contribution < -0.4 is 14.8 Å². The standard InChI is InChI=1S/C20H25FN2O4S/c1-5-27-19-11-10-18(12-13(19)2)28(25,26)23-15(4)20(24)22-14(3)16-6-8-17(21)9-7-16/h6-12,14-15,23H,5H2,1-4H3,(H,22,24)/t14-,15-/m1/s1. The summed E-state index contributed by atoms with van der Waals surface area (Å²) in [6.07, 6.45) is 0. The number of halogens is 1. The molecule has 2 N–H and O–H groups in total. The zero-order chi connectivity index (χ0) is 20.9. The topological polar surface area (TPSA) is 84.5 Å². The van der Waals surface area contributed by atoms with Crippen molar-refractivity contribution in [1.82, 2.24) is 10.0 Å². The number of rotatable bonds is 8. The average molecular weight is 408 g/mol. The van der Waals surface area contributed by atoms with Crippen LogP contribution in [0.2, 0.25) is 0 Å². The van der Waals surface area contributed by atoms with E-state index in [0.717, 1.165) is 0 Å². The largest absolute Gasteiger partial charge is 0.494 e. The fourth-order valence-electron chi connectivity index (χ4n) is 2.63. The quantitative estimate of drug-likeness (QED) is 0.703. The lowest BCUT2D eigenvalue weighted by molar-refractivity contribution is -0.123. The van der Waals surface area contributed by atoms with Gasteiger partial charge in [0.2, 0.25) is 15.9 Å². The second-order valence-corrected chi connectivity index (χ2v) is 8.20. The Hall–Kier alpha value is -2.45. The molecule has 0 radical (unpaired) electrons. The molecule has 2 rings (SSSR count). The number of carbonyl (C=O) groups excluding carboxylic acids is 1. The predicted octanol–water partition coefficient (Wildman–Crippen LogP) is 3.08. The maximum atomic E-state index is 13.0. The summed E-state index contributed by atoms with van der Waals surface area (Å²) < 4.78 is 46.0. The molecule has 0 aromatic heterocycles. The minimum atomic E-state index is -3.88. The molecule has 0 aliphatic heterocycles. The van der Waals surface area contributed by atoms with E-state index in [1.165, 1.54) is 31.2 Å². The monoisotopic (exact) mass is 408 g/mol. The maximum Gasteiger partial charge on any atom is 0.241 e. The molecule has 0 spiro atoms. The van der Waals surface area contributed by atoms with Gasteiger partial charge in [-0.3, -0.25) is 4.79 Å². The van der Waals surface area contributed by atoms with Gasteiger partial charge in [-0.15, -0.1) is 0 Å². The highest BCUT2D eigenvalue weighted by Crippen LogP contribution is 2.22. The lowest BCUT2D eigenvalue weighted by Gasteiger charge is -2.19. The fourth-order valence-corrected chi connectivity index (χ4v) is 3.92. The number of carbonyl (C=O) groups is 1. The Morgan fingerprint density at radius 3 is 2.36 bits per heavy atom. The number of hydrogen-bond acceptors (Lipinski definition) is 4. The van der Waals surface area contributed by atoms with E-state index in [1.54, 1.807) is 32.0 Å². The van der Waals surface area contributed by atoms with Gasteiger partial charge < -0.3 is 10.1 Å². The van der Waals surface area contributed by atoms with E-state index in [2.05, 4.69) is 10.0 Å². The van der Waals surface area contributed by atoms with E-state index < -0.39 is 28.0 Å². The third-order valence-corrected chi connectivity index (χ3v) is 5.75. The first-order valence-electron chi connectivity index (χ1n) is 8.95. The maximum absolute atomic E-state index is 13.0. The van der Waals surface area contributed by atoms with Crippen LogP contribution in [-0.4, -0.2) is 27.0 Å². The molecule has 0 heterocycles. The zero-order valence-electron chi connectivity index (χ0n) is 16.3. The van der Waals surface area contributed by atoms with E-state index in [0.29, 0.717) is 23.5 Å². The van der Waals surface area contributed by atoms with Crippen molar-refractivity contribution >= 4 is 15.9 Å². The van der Waals surface area contributed by atoms with Gasteiger partial charge in [0.05, 0.1) is 23.6 Å². The molecule has 0 aliphatic carbocycles. The van der Waals surface area contributed by atoms with Gasteiger partial charge in [0.15, 0.2) is 0 Å². The Bertz CT molecular complexity index is 930. The van der Waals surface area contributed by atoms with Crippen LogP contribution in [0.1, 0.15) is 37.9 Å². The Morgan fingerprint density at radius 1 is 1.14 bits per heavy atom. The Kier molecular flexibility index (Phi) is 7.15. The Balaban J connectivity index is 2.05. The van der Waals surface area contributed by atoms with Gasteiger partial charge >= 0.3 is 0 Å². The third kappa shape index (κ3) is 5.53. The molecule has 2 atom stereocenters. The summed E-state index contributed by atoms with van der Waals surface area (Å²) in [6.45, 7) is 7.28. The summed E-state index contributed by atoms with van der Waals surface area (Å²) in [6, 6.07) is 8.89. The lowest BCUT2D eigenvalue weighted by Crippen LogP contribution is -2.45. The Morgan fingerprint density at radius 2 is 1.79 bits per heavy atom. The van der Waals surface area contributed by atoms with Crippen LogP contribution >= 0.6 is 0 Å². The van der Waals surface area contributed by atoms with Gasteiger partial charge in [-0.1, -0.05) is 12.1 Å². The van der Waals surface area contributed by atoms with E-state index in [4.69, 9.17) is 4.74 Å². The first-order chi connectivity index (χ1) is 13.1. The molecule has 0 saturated heterocycles.